The van der Waals surface area contributed by atoms with Crippen molar-refractivity contribution in [1.29, 1.82) is 0 Å². The zero-order valence-corrected chi connectivity index (χ0v) is 15.5. The van der Waals surface area contributed by atoms with Crippen molar-refractivity contribution < 1.29 is 4.79 Å². The van der Waals surface area contributed by atoms with Gasteiger partial charge in [-0.15, -0.1) is 11.3 Å². The van der Waals surface area contributed by atoms with Gasteiger partial charge in [0.05, 0.1) is 10.7 Å². The van der Waals surface area contributed by atoms with Gasteiger partial charge in [-0.05, 0) is 39.4 Å². The van der Waals surface area contributed by atoms with Crippen molar-refractivity contribution in [3.8, 4) is 0 Å². The molecule has 24 heavy (non-hydrogen) atoms. The van der Waals surface area contributed by atoms with E-state index in [0.29, 0.717) is 6.04 Å². The van der Waals surface area contributed by atoms with E-state index in [0.717, 1.165) is 47.9 Å². The highest BCUT2D eigenvalue weighted by molar-refractivity contribution is 7.13. The molecule has 0 radical (unpaired) electrons. The highest BCUT2D eigenvalue weighted by Crippen LogP contribution is 2.24. The van der Waals surface area contributed by atoms with Gasteiger partial charge in [0, 0.05) is 25.6 Å². The van der Waals surface area contributed by atoms with Crippen molar-refractivity contribution in [2.75, 3.05) is 27.2 Å². The van der Waals surface area contributed by atoms with Gasteiger partial charge >= 0.3 is 0 Å². The van der Waals surface area contributed by atoms with Crippen molar-refractivity contribution in [2.24, 2.45) is 0 Å². The summed E-state index contributed by atoms with van der Waals surface area (Å²) in [5, 5.41) is 1.02. The third kappa shape index (κ3) is 3.84. The lowest BCUT2D eigenvalue weighted by atomic mass is 10.0. The Morgan fingerprint density at radius 2 is 1.92 bits per heavy atom. The maximum absolute atomic E-state index is 12.8. The molecule has 5 heteroatoms. The van der Waals surface area contributed by atoms with Crippen molar-refractivity contribution in [1.82, 2.24) is 14.8 Å². The van der Waals surface area contributed by atoms with Crippen LogP contribution in [0.1, 0.15) is 38.8 Å². The Kier molecular flexibility index (Phi) is 5.31. The van der Waals surface area contributed by atoms with Crippen molar-refractivity contribution in [3.05, 3.63) is 51.5 Å². The highest BCUT2D eigenvalue weighted by atomic mass is 32.1. The number of nitrogens with zero attached hydrogens (tertiary/aromatic N) is 3. The van der Waals surface area contributed by atoms with E-state index < -0.39 is 0 Å². The van der Waals surface area contributed by atoms with Crippen LogP contribution in [-0.2, 0) is 6.42 Å². The van der Waals surface area contributed by atoms with Gasteiger partial charge in [-0.3, -0.25) is 4.79 Å². The summed E-state index contributed by atoms with van der Waals surface area (Å²) in [6.45, 7) is 3.63. The van der Waals surface area contributed by atoms with E-state index in [-0.39, 0.29) is 5.91 Å². The Balaban J connectivity index is 1.68. The molecule has 0 unspecified atom stereocenters. The second kappa shape index (κ2) is 7.45. The topological polar surface area (TPSA) is 36.4 Å². The van der Waals surface area contributed by atoms with Crippen LogP contribution in [0.3, 0.4) is 0 Å². The number of thiazole rings is 1. The number of carbonyl (C=O) groups excluding carboxylic acids is 1. The fourth-order valence-corrected chi connectivity index (χ4v) is 4.29. The Hall–Kier alpha value is -1.72. The van der Waals surface area contributed by atoms with Crippen LogP contribution in [0.2, 0.25) is 0 Å². The molecule has 0 bridgehead atoms. The molecule has 0 aliphatic carbocycles. The minimum absolute atomic E-state index is 0.154. The maximum atomic E-state index is 12.8. The van der Waals surface area contributed by atoms with Crippen molar-refractivity contribution >= 4 is 17.2 Å². The number of hydrogen-bond donors (Lipinski definition) is 0. The lowest BCUT2D eigenvalue weighted by Crippen LogP contribution is -2.44. The van der Waals surface area contributed by atoms with Crippen LogP contribution in [0.25, 0.3) is 0 Å². The molecule has 3 rings (SSSR count). The van der Waals surface area contributed by atoms with Gasteiger partial charge in [0.15, 0.2) is 0 Å². The van der Waals surface area contributed by atoms with E-state index in [4.69, 9.17) is 0 Å². The van der Waals surface area contributed by atoms with Gasteiger partial charge in [0.2, 0.25) is 0 Å². The molecule has 0 N–H and O–H groups in total. The lowest BCUT2D eigenvalue weighted by Gasteiger charge is -2.35. The Bertz CT molecular complexity index is 688. The number of piperidine rings is 1. The Morgan fingerprint density at radius 3 is 2.54 bits per heavy atom. The van der Waals surface area contributed by atoms with Crippen molar-refractivity contribution in [3.63, 3.8) is 0 Å². The molecular formula is C19H25N3OS. The molecule has 1 aromatic carbocycles. The molecule has 1 saturated heterocycles. The van der Waals surface area contributed by atoms with Crippen molar-refractivity contribution in [2.45, 2.75) is 32.2 Å². The first-order valence-corrected chi connectivity index (χ1v) is 9.32. The van der Waals surface area contributed by atoms with Gasteiger partial charge in [0.1, 0.15) is 4.88 Å². The minimum atomic E-state index is 0.154. The number of rotatable bonds is 4. The average Bonchev–Trinajstić information content (AvgIpc) is 2.95. The second-order valence-electron chi connectivity index (χ2n) is 6.67. The summed E-state index contributed by atoms with van der Waals surface area (Å²) in [6, 6.07) is 10.9. The standard InChI is InChI=1S/C19H25N3OS/c1-14-18(19(23)22-11-9-16(10-12-22)21(2)3)24-17(20-14)13-15-7-5-4-6-8-15/h4-8,16H,9-13H2,1-3H3. The first-order valence-electron chi connectivity index (χ1n) is 8.50. The molecule has 4 nitrogen and oxygen atoms in total. The SMILES string of the molecule is Cc1nc(Cc2ccccc2)sc1C(=O)N1CCC(N(C)C)CC1. The zero-order valence-electron chi connectivity index (χ0n) is 14.7. The number of aryl methyl sites for hydroxylation is 1. The van der Waals surface area contributed by atoms with Crippen LogP contribution in [0.15, 0.2) is 30.3 Å². The first kappa shape index (κ1) is 17.1. The third-order valence-corrected chi connectivity index (χ3v) is 5.86. The Morgan fingerprint density at radius 1 is 1.25 bits per heavy atom. The highest BCUT2D eigenvalue weighted by Gasteiger charge is 2.27. The number of benzene rings is 1. The molecule has 128 valence electrons. The van der Waals surface area contributed by atoms with Gasteiger partial charge in [0.25, 0.3) is 5.91 Å². The van der Waals surface area contributed by atoms with Gasteiger partial charge in [-0.25, -0.2) is 4.98 Å². The van der Waals surface area contributed by atoms with Crippen LogP contribution < -0.4 is 0 Å². The van der Waals surface area contributed by atoms with Crippen LogP contribution in [0, 0.1) is 6.92 Å². The summed E-state index contributed by atoms with van der Waals surface area (Å²) < 4.78 is 0. The van der Waals surface area contributed by atoms with E-state index in [1.165, 1.54) is 5.56 Å². The first-order chi connectivity index (χ1) is 11.5. The fraction of sp³-hybridized carbons (Fsp3) is 0.474. The number of likely N-dealkylation sites (tertiary alicyclic amines) is 1. The molecule has 2 aromatic rings. The molecule has 1 fully saturated rings. The number of hydrogen-bond acceptors (Lipinski definition) is 4. The van der Waals surface area contributed by atoms with Gasteiger partial charge in [-0.2, -0.15) is 0 Å². The normalized spacial score (nSPS) is 15.9. The summed E-state index contributed by atoms with van der Waals surface area (Å²) in [5.41, 5.74) is 2.10. The number of amides is 1. The molecule has 0 atom stereocenters. The van der Waals surface area contributed by atoms with E-state index >= 15 is 0 Å². The van der Waals surface area contributed by atoms with E-state index in [1.54, 1.807) is 11.3 Å². The van der Waals surface area contributed by atoms with Gasteiger partial charge in [-0.1, -0.05) is 30.3 Å². The summed E-state index contributed by atoms with van der Waals surface area (Å²) in [7, 11) is 4.23. The largest absolute Gasteiger partial charge is 0.338 e. The van der Waals surface area contributed by atoms with Crippen LogP contribution in [0.5, 0.6) is 0 Å². The molecule has 0 saturated carbocycles. The molecule has 2 heterocycles. The monoisotopic (exact) mass is 343 g/mol. The smallest absolute Gasteiger partial charge is 0.265 e. The van der Waals surface area contributed by atoms with Crippen LogP contribution in [-0.4, -0.2) is 53.9 Å². The maximum Gasteiger partial charge on any atom is 0.265 e. The fourth-order valence-electron chi connectivity index (χ4n) is 3.23. The minimum Gasteiger partial charge on any atom is -0.338 e. The molecule has 1 amide bonds. The van der Waals surface area contributed by atoms with E-state index in [2.05, 4.69) is 36.1 Å². The summed E-state index contributed by atoms with van der Waals surface area (Å²) in [5.74, 6) is 0.154. The van der Waals surface area contributed by atoms with Gasteiger partial charge < -0.3 is 9.80 Å². The number of aromatic nitrogens is 1. The average molecular weight is 343 g/mol. The molecule has 0 spiro atoms. The van der Waals surface area contributed by atoms with Crippen LogP contribution >= 0.6 is 11.3 Å². The van der Waals surface area contributed by atoms with Crippen LogP contribution in [0.4, 0.5) is 0 Å². The van der Waals surface area contributed by atoms with E-state index in [1.807, 2.05) is 30.0 Å². The molecule has 1 aliphatic rings. The summed E-state index contributed by atoms with van der Waals surface area (Å²) in [6.07, 6.45) is 2.89. The zero-order chi connectivity index (χ0) is 17.1. The summed E-state index contributed by atoms with van der Waals surface area (Å²) >= 11 is 1.55. The quantitative estimate of drug-likeness (QED) is 0.855. The molecule has 1 aromatic heterocycles. The molecule has 1 aliphatic heterocycles. The molecular weight excluding hydrogens is 318 g/mol. The third-order valence-electron chi connectivity index (χ3n) is 4.72. The second-order valence-corrected chi connectivity index (χ2v) is 7.76. The predicted molar refractivity (Wildman–Crippen MR) is 98.7 cm³/mol. The predicted octanol–water partition coefficient (Wildman–Crippen LogP) is 3.21. The summed E-state index contributed by atoms with van der Waals surface area (Å²) in [4.78, 5) is 22.5. The van der Waals surface area contributed by atoms with E-state index in [9.17, 15) is 4.79 Å². The number of carbonyl (C=O) groups is 1. The lowest BCUT2D eigenvalue weighted by molar-refractivity contribution is 0.0667. The Labute approximate surface area is 148 Å².